The highest BCUT2D eigenvalue weighted by molar-refractivity contribution is 6.06. The highest BCUT2D eigenvalue weighted by Crippen LogP contribution is 2.21. The molecule has 0 aliphatic carbocycles. The number of hydrogen-bond donors (Lipinski definition) is 1. The molecule has 3 aromatic carbocycles. The average molecular weight is 364 g/mol. The Morgan fingerprint density at radius 3 is 2.61 bits per heavy atom. The maximum Gasteiger partial charge on any atom is 0.255 e. The molecule has 0 saturated heterocycles. The third kappa shape index (κ3) is 2.89. The molecule has 0 aliphatic rings. The Balaban J connectivity index is 1.44. The zero-order valence-electron chi connectivity index (χ0n) is 14.9. The predicted molar refractivity (Wildman–Crippen MR) is 111 cm³/mol. The molecule has 0 spiro atoms. The lowest BCUT2D eigenvalue weighted by molar-refractivity contribution is 0.102. The quantitative estimate of drug-likeness (QED) is 0.499. The van der Waals surface area contributed by atoms with E-state index in [1.54, 1.807) is 12.5 Å². The van der Waals surface area contributed by atoms with E-state index in [9.17, 15) is 4.79 Å². The second-order valence-corrected chi connectivity index (χ2v) is 6.52. The van der Waals surface area contributed by atoms with Gasteiger partial charge in [0.2, 0.25) is 0 Å². The Morgan fingerprint density at radius 1 is 0.821 bits per heavy atom. The van der Waals surface area contributed by atoms with Gasteiger partial charge in [0, 0.05) is 28.5 Å². The lowest BCUT2D eigenvalue weighted by Gasteiger charge is -2.07. The Labute approximate surface area is 161 Å². The summed E-state index contributed by atoms with van der Waals surface area (Å²) in [4.78, 5) is 21.5. The molecular weight excluding hydrogens is 348 g/mol. The van der Waals surface area contributed by atoms with Gasteiger partial charge in [-0.2, -0.15) is 0 Å². The van der Waals surface area contributed by atoms with Gasteiger partial charge < -0.3 is 5.32 Å². The highest BCUT2D eigenvalue weighted by Gasteiger charge is 2.11. The lowest BCUT2D eigenvalue weighted by atomic mass is 10.1. The number of hydrogen-bond acceptors (Lipinski definition) is 3. The molecule has 5 heteroatoms. The van der Waals surface area contributed by atoms with E-state index in [0.717, 1.165) is 33.3 Å². The Kier molecular flexibility index (Phi) is 3.84. The first-order valence-corrected chi connectivity index (χ1v) is 8.97. The van der Waals surface area contributed by atoms with Crippen LogP contribution in [-0.4, -0.2) is 20.4 Å². The number of anilines is 1. The molecule has 0 bridgehead atoms. The van der Waals surface area contributed by atoms with Gasteiger partial charge >= 0.3 is 0 Å². The summed E-state index contributed by atoms with van der Waals surface area (Å²) in [5.74, 6) is -0.167. The molecule has 5 aromatic rings. The number of pyridine rings is 1. The van der Waals surface area contributed by atoms with Crippen LogP contribution < -0.4 is 5.32 Å². The van der Waals surface area contributed by atoms with Crippen LogP contribution in [-0.2, 0) is 0 Å². The van der Waals surface area contributed by atoms with Gasteiger partial charge in [0.1, 0.15) is 6.33 Å². The number of imidazole rings is 1. The van der Waals surface area contributed by atoms with Gasteiger partial charge in [0.15, 0.2) is 0 Å². The molecule has 1 amide bonds. The SMILES string of the molecule is O=C(Nc1ccc2ncccc2c1)c1ccc2c(c1)ncn2-c1ccccc1. The molecule has 0 fully saturated rings. The molecular formula is C23H16N4O. The van der Waals surface area contributed by atoms with E-state index >= 15 is 0 Å². The second-order valence-electron chi connectivity index (χ2n) is 6.52. The van der Waals surface area contributed by atoms with Crippen LogP contribution in [0.25, 0.3) is 27.6 Å². The van der Waals surface area contributed by atoms with Crippen LogP contribution in [0.2, 0.25) is 0 Å². The first-order valence-electron chi connectivity index (χ1n) is 8.97. The van der Waals surface area contributed by atoms with Gasteiger partial charge in [0.25, 0.3) is 5.91 Å². The van der Waals surface area contributed by atoms with Crippen molar-refractivity contribution in [1.82, 2.24) is 14.5 Å². The van der Waals surface area contributed by atoms with Crippen molar-refractivity contribution in [2.24, 2.45) is 0 Å². The summed E-state index contributed by atoms with van der Waals surface area (Å²) in [6.07, 6.45) is 3.53. The molecule has 0 saturated carbocycles. The highest BCUT2D eigenvalue weighted by atomic mass is 16.1. The summed E-state index contributed by atoms with van der Waals surface area (Å²) >= 11 is 0. The first-order chi connectivity index (χ1) is 13.8. The number of para-hydroxylation sites is 1. The van der Waals surface area contributed by atoms with Crippen LogP contribution >= 0.6 is 0 Å². The van der Waals surface area contributed by atoms with E-state index in [4.69, 9.17) is 0 Å². The Morgan fingerprint density at radius 2 is 1.71 bits per heavy atom. The van der Waals surface area contributed by atoms with Crippen LogP contribution in [0.4, 0.5) is 5.69 Å². The van der Waals surface area contributed by atoms with Crippen LogP contribution in [0.1, 0.15) is 10.4 Å². The van der Waals surface area contributed by atoms with Gasteiger partial charge in [-0.3, -0.25) is 14.3 Å². The van der Waals surface area contributed by atoms with Crippen molar-refractivity contribution in [3.05, 3.63) is 97.0 Å². The van der Waals surface area contributed by atoms with Crippen molar-refractivity contribution in [2.45, 2.75) is 0 Å². The summed E-state index contributed by atoms with van der Waals surface area (Å²) < 4.78 is 2.01. The maximum atomic E-state index is 12.7. The van der Waals surface area contributed by atoms with Gasteiger partial charge in [-0.1, -0.05) is 24.3 Å². The number of amides is 1. The van der Waals surface area contributed by atoms with Crippen molar-refractivity contribution in [3.8, 4) is 5.69 Å². The monoisotopic (exact) mass is 364 g/mol. The fourth-order valence-corrected chi connectivity index (χ4v) is 3.30. The van der Waals surface area contributed by atoms with E-state index in [-0.39, 0.29) is 5.91 Å². The van der Waals surface area contributed by atoms with Crippen molar-refractivity contribution >= 4 is 33.5 Å². The standard InChI is InChI=1S/C23H16N4O/c28-23(26-18-9-10-20-16(13-18)5-4-12-24-20)17-8-11-22-21(14-17)25-15-27(22)19-6-2-1-3-7-19/h1-15H,(H,26,28). The van der Waals surface area contributed by atoms with Crippen molar-refractivity contribution in [2.75, 3.05) is 5.32 Å². The van der Waals surface area contributed by atoms with Gasteiger partial charge in [-0.05, 0) is 54.6 Å². The minimum absolute atomic E-state index is 0.167. The van der Waals surface area contributed by atoms with E-state index in [0.29, 0.717) is 5.56 Å². The molecule has 2 aromatic heterocycles. The average Bonchev–Trinajstić information content (AvgIpc) is 3.17. The molecule has 5 nitrogen and oxygen atoms in total. The van der Waals surface area contributed by atoms with Gasteiger partial charge in [-0.25, -0.2) is 4.98 Å². The van der Waals surface area contributed by atoms with Crippen LogP contribution in [0.3, 0.4) is 0 Å². The maximum absolute atomic E-state index is 12.7. The summed E-state index contributed by atoms with van der Waals surface area (Å²) in [7, 11) is 0. The smallest absolute Gasteiger partial charge is 0.255 e. The molecule has 2 heterocycles. The van der Waals surface area contributed by atoms with Crippen molar-refractivity contribution in [3.63, 3.8) is 0 Å². The first kappa shape index (κ1) is 16.2. The summed E-state index contributed by atoms with van der Waals surface area (Å²) in [6.45, 7) is 0. The minimum atomic E-state index is -0.167. The minimum Gasteiger partial charge on any atom is -0.322 e. The Bertz CT molecular complexity index is 1310. The van der Waals surface area contributed by atoms with E-state index < -0.39 is 0 Å². The van der Waals surface area contributed by atoms with E-state index in [2.05, 4.69) is 15.3 Å². The topological polar surface area (TPSA) is 59.8 Å². The summed E-state index contributed by atoms with van der Waals surface area (Å²) in [6, 6.07) is 25.1. The molecule has 0 radical (unpaired) electrons. The number of carbonyl (C=O) groups is 1. The van der Waals surface area contributed by atoms with Gasteiger partial charge in [0.05, 0.1) is 16.6 Å². The summed E-state index contributed by atoms with van der Waals surface area (Å²) in [5.41, 5.74) is 4.97. The molecule has 0 aliphatic heterocycles. The van der Waals surface area contributed by atoms with Crippen LogP contribution in [0.15, 0.2) is 91.4 Å². The number of rotatable bonds is 3. The third-order valence-corrected chi connectivity index (χ3v) is 4.70. The molecule has 5 rings (SSSR count). The number of nitrogens with zero attached hydrogens (tertiary/aromatic N) is 3. The molecule has 1 N–H and O–H groups in total. The predicted octanol–water partition coefficient (Wildman–Crippen LogP) is 4.83. The number of benzene rings is 3. The molecule has 134 valence electrons. The summed E-state index contributed by atoms with van der Waals surface area (Å²) in [5, 5.41) is 3.94. The molecule has 28 heavy (non-hydrogen) atoms. The number of fused-ring (bicyclic) bond motifs is 2. The van der Waals surface area contributed by atoms with Crippen LogP contribution in [0.5, 0.6) is 0 Å². The van der Waals surface area contributed by atoms with E-state index in [1.165, 1.54) is 0 Å². The zero-order chi connectivity index (χ0) is 18.9. The van der Waals surface area contributed by atoms with Crippen molar-refractivity contribution in [1.29, 1.82) is 0 Å². The fourth-order valence-electron chi connectivity index (χ4n) is 3.30. The number of aromatic nitrogens is 3. The van der Waals surface area contributed by atoms with Gasteiger partial charge in [-0.15, -0.1) is 0 Å². The lowest BCUT2D eigenvalue weighted by Crippen LogP contribution is -2.11. The normalized spacial score (nSPS) is 11.0. The number of nitrogens with one attached hydrogen (secondary N) is 1. The zero-order valence-corrected chi connectivity index (χ0v) is 14.9. The largest absolute Gasteiger partial charge is 0.322 e. The second kappa shape index (κ2) is 6.63. The van der Waals surface area contributed by atoms with Crippen LogP contribution in [0, 0.1) is 0 Å². The third-order valence-electron chi connectivity index (χ3n) is 4.70. The molecule has 0 unspecified atom stereocenters. The van der Waals surface area contributed by atoms with E-state index in [1.807, 2.05) is 83.4 Å². The number of carbonyl (C=O) groups excluding carboxylic acids is 1. The molecule has 0 atom stereocenters. The fraction of sp³-hybridized carbons (Fsp3) is 0. The Hall–Kier alpha value is -3.99. The van der Waals surface area contributed by atoms with Crippen molar-refractivity contribution < 1.29 is 4.79 Å².